The Hall–Kier alpha value is -4.65. The predicted octanol–water partition coefficient (Wildman–Crippen LogP) is 4.59. The molecule has 1 N–H and O–H groups in total. The van der Waals surface area contributed by atoms with Crippen LogP contribution in [0.1, 0.15) is 48.2 Å². The van der Waals surface area contributed by atoms with Crippen LogP contribution in [0.15, 0.2) is 57.9 Å². The van der Waals surface area contributed by atoms with Crippen molar-refractivity contribution in [3.63, 3.8) is 0 Å². The van der Waals surface area contributed by atoms with Gasteiger partial charge >= 0.3 is 0 Å². The van der Waals surface area contributed by atoms with Gasteiger partial charge in [0.2, 0.25) is 11.8 Å². The van der Waals surface area contributed by atoms with Crippen LogP contribution >= 0.6 is 0 Å². The Morgan fingerprint density at radius 1 is 1.10 bits per heavy atom. The van der Waals surface area contributed by atoms with Crippen molar-refractivity contribution >= 4 is 40.1 Å². The van der Waals surface area contributed by atoms with Crippen LogP contribution in [-0.4, -0.2) is 72.6 Å². The van der Waals surface area contributed by atoms with Crippen LogP contribution in [-0.2, 0) is 9.59 Å². The van der Waals surface area contributed by atoms with Crippen molar-refractivity contribution in [1.29, 1.82) is 5.26 Å². The first-order chi connectivity index (χ1) is 20.4. The molecule has 1 unspecified atom stereocenters. The lowest BCUT2D eigenvalue weighted by Gasteiger charge is -2.25. The zero-order valence-corrected chi connectivity index (χ0v) is 24.0. The number of furan rings is 1. The number of fused-ring (bicyclic) bond motifs is 1. The number of nitrogens with zero attached hydrogens (tertiary/aromatic N) is 4. The number of nitriles is 1. The molecule has 3 aromatic rings. The summed E-state index contributed by atoms with van der Waals surface area (Å²) in [6.45, 7) is 3.77. The molecular weight excluding hydrogens is 534 g/mol. The molecule has 2 amide bonds. The van der Waals surface area contributed by atoms with Gasteiger partial charge in [-0.1, -0.05) is 0 Å². The van der Waals surface area contributed by atoms with E-state index >= 15 is 0 Å². The number of likely N-dealkylation sites (tertiary alicyclic amines) is 2. The van der Waals surface area contributed by atoms with Crippen LogP contribution in [0.25, 0.3) is 11.0 Å². The molecule has 0 aliphatic carbocycles. The Kier molecular flexibility index (Phi) is 8.86. The van der Waals surface area contributed by atoms with E-state index in [4.69, 9.17) is 14.1 Å². The normalized spacial score (nSPS) is 18.5. The predicted molar refractivity (Wildman–Crippen MR) is 158 cm³/mol. The lowest BCUT2D eigenvalue weighted by atomic mass is 9.96. The molecule has 0 radical (unpaired) electrons. The van der Waals surface area contributed by atoms with Crippen molar-refractivity contribution in [3.05, 3.63) is 59.9 Å². The molecule has 1 aromatic heterocycles. The van der Waals surface area contributed by atoms with Crippen LogP contribution in [0, 0.1) is 24.2 Å². The number of amides is 2. The zero-order chi connectivity index (χ0) is 29.6. The molecule has 2 aliphatic heterocycles. The second kappa shape index (κ2) is 12.9. The smallest absolute Gasteiger partial charge is 0.247 e. The van der Waals surface area contributed by atoms with Gasteiger partial charge in [0, 0.05) is 36.3 Å². The van der Waals surface area contributed by atoms with E-state index in [1.54, 1.807) is 46.2 Å². The second-order valence-electron chi connectivity index (χ2n) is 10.8. The maximum atomic E-state index is 13.7. The average molecular weight is 570 g/mol. The Morgan fingerprint density at radius 3 is 2.55 bits per heavy atom. The third-order valence-electron chi connectivity index (χ3n) is 7.78. The van der Waals surface area contributed by atoms with Gasteiger partial charge in [0.05, 0.1) is 19.7 Å². The Labute approximate surface area is 244 Å². The first kappa shape index (κ1) is 28.9. The van der Waals surface area contributed by atoms with Crippen molar-refractivity contribution in [3.8, 4) is 11.8 Å². The standard InChI is InChI=1S/C32H35N5O5/c1-21-17-23-18-24(10-13-28(23)42-21)34-31(26(19-33)30(39)22-8-11-25(41-2)12-9-22)35-27-7-3-4-16-37(32(27)40)20-29(38)36-14-5-6-15-36/h8-13,17-18,26-27H,3-7,14-16,20H2,1-2H3,(H,34,35)/t26?,27-/m0/s1. The monoisotopic (exact) mass is 569 g/mol. The Morgan fingerprint density at radius 2 is 1.83 bits per heavy atom. The minimum atomic E-state index is -1.30. The minimum Gasteiger partial charge on any atom is -0.497 e. The molecule has 2 atom stereocenters. The molecule has 0 bridgehead atoms. The number of rotatable bonds is 8. The van der Waals surface area contributed by atoms with Crippen molar-refractivity contribution in [2.24, 2.45) is 10.9 Å². The fourth-order valence-electron chi connectivity index (χ4n) is 5.51. The number of ether oxygens (including phenoxy) is 1. The highest BCUT2D eigenvalue weighted by atomic mass is 16.5. The van der Waals surface area contributed by atoms with E-state index in [9.17, 15) is 19.6 Å². The number of hydrogen-bond acceptors (Lipinski definition) is 7. The summed E-state index contributed by atoms with van der Waals surface area (Å²) in [5.74, 6) is -0.642. The number of anilines is 1. The van der Waals surface area contributed by atoms with Crippen LogP contribution in [0.2, 0.25) is 0 Å². The number of carbonyl (C=O) groups is 3. The Balaban J connectivity index is 1.47. The van der Waals surface area contributed by atoms with Crippen LogP contribution in [0.5, 0.6) is 5.75 Å². The molecule has 5 rings (SSSR count). The zero-order valence-electron chi connectivity index (χ0n) is 24.0. The molecule has 0 spiro atoms. The maximum Gasteiger partial charge on any atom is 0.247 e. The molecule has 2 saturated heterocycles. The molecule has 10 nitrogen and oxygen atoms in total. The van der Waals surface area contributed by atoms with E-state index in [1.165, 1.54) is 7.11 Å². The Bertz CT molecular complexity index is 1530. The van der Waals surface area contributed by atoms with Crippen molar-refractivity contribution in [2.75, 3.05) is 38.6 Å². The number of amidine groups is 1. The van der Waals surface area contributed by atoms with Gasteiger partial charge < -0.3 is 24.3 Å². The van der Waals surface area contributed by atoms with Gasteiger partial charge in [-0.2, -0.15) is 5.26 Å². The van der Waals surface area contributed by atoms with Gasteiger partial charge in [-0.25, -0.2) is 0 Å². The van der Waals surface area contributed by atoms with Crippen molar-refractivity contribution < 1.29 is 23.5 Å². The highest BCUT2D eigenvalue weighted by Crippen LogP contribution is 2.25. The number of aliphatic imine (C=N–C) groups is 1. The SMILES string of the molecule is COc1ccc(C(=O)C(C#N)C(=N[C@H]2CCCCN(CC(=O)N3CCCC3)C2=O)Nc2ccc3oc(C)cc3c2)cc1. The summed E-state index contributed by atoms with van der Waals surface area (Å²) >= 11 is 0. The third kappa shape index (κ3) is 6.46. The van der Waals surface area contributed by atoms with E-state index in [-0.39, 0.29) is 24.2 Å². The molecule has 3 heterocycles. The first-order valence-electron chi connectivity index (χ1n) is 14.4. The van der Waals surface area contributed by atoms with Gasteiger partial charge in [-0.15, -0.1) is 0 Å². The quantitative estimate of drug-likeness (QED) is 0.239. The highest BCUT2D eigenvalue weighted by molar-refractivity contribution is 6.18. The topological polar surface area (TPSA) is 128 Å². The summed E-state index contributed by atoms with van der Waals surface area (Å²) in [5, 5.41) is 14.3. The molecule has 0 saturated carbocycles. The second-order valence-corrected chi connectivity index (χ2v) is 10.8. The first-order valence-corrected chi connectivity index (χ1v) is 14.4. The molecule has 10 heteroatoms. The van der Waals surface area contributed by atoms with Gasteiger partial charge in [0.15, 0.2) is 11.7 Å². The summed E-state index contributed by atoms with van der Waals surface area (Å²) in [5.41, 5.74) is 1.63. The minimum absolute atomic E-state index is 0.0105. The van der Waals surface area contributed by atoms with Crippen molar-refractivity contribution in [1.82, 2.24) is 9.80 Å². The maximum absolute atomic E-state index is 13.7. The molecule has 42 heavy (non-hydrogen) atoms. The molecule has 2 aromatic carbocycles. The lowest BCUT2D eigenvalue weighted by Crippen LogP contribution is -2.45. The van der Waals surface area contributed by atoms with E-state index in [0.29, 0.717) is 48.6 Å². The van der Waals surface area contributed by atoms with Gasteiger partial charge in [0.25, 0.3) is 0 Å². The largest absolute Gasteiger partial charge is 0.497 e. The molecule has 2 fully saturated rings. The van der Waals surface area contributed by atoms with E-state index in [2.05, 4.69) is 11.4 Å². The lowest BCUT2D eigenvalue weighted by molar-refractivity contribution is -0.140. The number of hydrogen-bond donors (Lipinski definition) is 1. The summed E-state index contributed by atoms with van der Waals surface area (Å²) in [6, 6.07) is 15.1. The summed E-state index contributed by atoms with van der Waals surface area (Å²) < 4.78 is 10.9. The number of ketones is 1. The number of Topliss-reactive ketones (excluding diaryl/α,β-unsaturated/α-hetero) is 1. The number of carbonyl (C=O) groups excluding carboxylic acids is 3. The average Bonchev–Trinajstić information content (AvgIpc) is 3.63. The number of aryl methyl sites for hydroxylation is 1. The molecular formula is C32H35N5O5. The summed E-state index contributed by atoms with van der Waals surface area (Å²) in [6.07, 6.45) is 3.88. The van der Waals surface area contributed by atoms with Crippen LogP contribution in [0.4, 0.5) is 5.69 Å². The summed E-state index contributed by atoms with van der Waals surface area (Å²) in [7, 11) is 1.54. The highest BCUT2D eigenvalue weighted by Gasteiger charge is 2.33. The fraction of sp³-hybridized carbons (Fsp3) is 0.406. The van der Waals surface area contributed by atoms with Crippen LogP contribution in [0.3, 0.4) is 0 Å². The van der Waals surface area contributed by atoms with Crippen LogP contribution < -0.4 is 10.1 Å². The third-order valence-corrected chi connectivity index (χ3v) is 7.78. The van der Waals surface area contributed by atoms with Gasteiger partial charge in [-0.3, -0.25) is 19.4 Å². The fourth-order valence-corrected chi connectivity index (χ4v) is 5.51. The van der Waals surface area contributed by atoms with Gasteiger partial charge in [0.1, 0.15) is 29.0 Å². The number of methoxy groups -OCH3 is 1. The molecule has 2 aliphatic rings. The summed E-state index contributed by atoms with van der Waals surface area (Å²) in [4.78, 5) is 48.4. The van der Waals surface area contributed by atoms with E-state index < -0.39 is 17.7 Å². The number of nitrogens with one attached hydrogen (secondary N) is 1. The number of benzene rings is 2. The van der Waals surface area contributed by atoms with Crippen molar-refractivity contribution in [2.45, 2.75) is 45.1 Å². The van der Waals surface area contributed by atoms with Gasteiger partial charge in [-0.05, 0) is 87.6 Å². The van der Waals surface area contributed by atoms with E-state index in [0.717, 1.165) is 36.8 Å². The van der Waals surface area contributed by atoms with E-state index in [1.807, 2.05) is 19.1 Å². The molecule has 218 valence electrons.